The number of benzene rings is 1. The quantitative estimate of drug-likeness (QED) is 0.615. The van der Waals surface area contributed by atoms with E-state index in [1.807, 2.05) is 0 Å². The molecular weight excluding hydrogens is 261 g/mol. The van der Waals surface area contributed by atoms with Gasteiger partial charge in [-0.1, -0.05) is 30.3 Å². The fraction of sp³-hybridized carbons (Fsp3) is 0.455. The molecule has 0 bridgehead atoms. The number of rotatable bonds is 5. The summed E-state index contributed by atoms with van der Waals surface area (Å²) >= 11 is 5.72. The fourth-order valence-corrected chi connectivity index (χ4v) is 1.68. The Morgan fingerprint density at radius 2 is 1.86 bits per heavy atom. The van der Waals surface area contributed by atoms with E-state index in [9.17, 15) is 0 Å². The smallest absolute Gasteiger partial charge is 0.103 e. The van der Waals surface area contributed by atoms with Crippen molar-refractivity contribution in [2.45, 2.75) is 13.5 Å². The van der Waals surface area contributed by atoms with Crippen LogP contribution in [0.2, 0.25) is 0 Å². The maximum atomic E-state index is 5.72. The number of alkyl halides is 1. The highest BCUT2D eigenvalue weighted by Gasteiger charge is 2.04. The molecule has 1 N–H and O–H groups in total. The van der Waals surface area contributed by atoms with E-state index in [1.165, 1.54) is 5.56 Å². The van der Waals surface area contributed by atoms with Gasteiger partial charge in [-0.25, -0.2) is 0 Å². The number of halogens is 2. The van der Waals surface area contributed by atoms with E-state index in [0.29, 0.717) is 0 Å². The summed E-state index contributed by atoms with van der Waals surface area (Å²) in [6.07, 6.45) is 0. The van der Waals surface area contributed by atoms with Crippen LogP contribution in [0.1, 0.15) is 12.5 Å². The lowest BCUT2D eigenvalue weighted by molar-refractivity contribution is -0.909. The summed E-state index contributed by atoms with van der Waals surface area (Å²) in [6.45, 7) is 5.48. The topological polar surface area (TPSA) is 4.44 Å². The molecule has 80 valence electrons. The molecule has 1 aromatic carbocycles. The van der Waals surface area contributed by atoms with Gasteiger partial charge >= 0.3 is 0 Å². The fourth-order valence-electron chi connectivity index (χ4n) is 1.41. The zero-order chi connectivity index (χ0) is 9.52. The minimum atomic E-state index is 0. The van der Waals surface area contributed by atoms with Crippen LogP contribution in [0.4, 0.5) is 0 Å². The van der Waals surface area contributed by atoms with Crippen LogP contribution in [0.15, 0.2) is 30.3 Å². The van der Waals surface area contributed by atoms with Crippen molar-refractivity contribution >= 4 is 11.6 Å². The average Bonchev–Trinajstić information content (AvgIpc) is 2.19. The van der Waals surface area contributed by atoms with Crippen LogP contribution in [0.25, 0.3) is 0 Å². The second-order valence-electron chi connectivity index (χ2n) is 3.20. The van der Waals surface area contributed by atoms with Gasteiger partial charge in [0.25, 0.3) is 0 Å². The molecule has 14 heavy (non-hydrogen) atoms. The molecule has 0 fully saturated rings. The summed E-state index contributed by atoms with van der Waals surface area (Å²) in [6, 6.07) is 10.6. The van der Waals surface area contributed by atoms with E-state index in [1.54, 1.807) is 4.90 Å². The van der Waals surface area contributed by atoms with Gasteiger partial charge in [0.05, 0.1) is 19.0 Å². The Balaban J connectivity index is 0.00000169. The van der Waals surface area contributed by atoms with Gasteiger partial charge in [0.2, 0.25) is 0 Å². The summed E-state index contributed by atoms with van der Waals surface area (Å²) in [5.41, 5.74) is 1.39. The van der Waals surface area contributed by atoms with E-state index in [-0.39, 0.29) is 17.0 Å². The highest BCUT2D eigenvalue weighted by Crippen LogP contribution is 1.94. The van der Waals surface area contributed by atoms with Crippen LogP contribution in [0, 0.1) is 0 Å². The van der Waals surface area contributed by atoms with Crippen LogP contribution in [-0.2, 0) is 6.54 Å². The SMILES string of the molecule is CC[NH+](CCCl)Cc1ccccc1.[Br-]. The van der Waals surface area contributed by atoms with Crippen molar-refractivity contribution in [3.8, 4) is 0 Å². The number of hydrogen-bond donors (Lipinski definition) is 1. The first-order chi connectivity index (χ1) is 6.36. The minimum absolute atomic E-state index is 0. The molecular formula is C11H17BrClN. The highest BCUT2D eigenvalue weighted by molar-refractivity contribution is 6.17. The van der Waals surface area contributed by atoms with Gasteiger partial charge in [-0.2, -0.15) is 0 Å². The second kappa shape index (κ2) is 8.27. The largest absolute Gasteiger partial charge is 1.00 e. The number of hydrogen-bond acceptors (Lipinski definition) is 0. The predicted octanol–water partition coefficient (Wildman–Crippen LogP) is -1.67. The van der Waals surface area contributed by atoms with Crippen molar-refractivity contribution < 1.29 is 21.9 Å². The van der Waals surface area contributed by atoms with Gasteiger partial charge < -0.3 is 21.9 Å². The zero-order valence-corrected chi connectivity index (χ0v) is 10.8. The predicted molar refractivity (Wildman–Crippen MR) is 57.2 cm³/mol. The molecule has 1 rings (SSSR count). The molecule has 0 saturated carbocycles. The van der Waals surface area contributed by atoms with Crippen LogP contribution in [-0.4, -0.2) is 19.0 Å². The normalized spacial score (nSPS) is 11.9. The van der Waals surface area contributed by atoms with Crippen molar-refractivity contribution in [3.63, 3.8) is 0 Å². The monoisotopic (exact) mass is 277 g/mol. The molecule has 1 nitrogen and oxygen atoms in total. The van der Waals surface area contributed by atoms with Gasteiger partial charge in [-0.3, -0.25) is 0 Å². The third-order valence-electron chi connectivity index (χ3n) is 2.24. The van der Waals surface area contributed by atoms with Crippen molar-refractivity contribution in [1.29, 1.82) is 0 Å². The Labute approximate surface area is 102 Å². The van der Waals surface area contributed by atoms with Crippen molar-refractivity contribution in [1.82, 2.24) is 0 Å². The van der Waals surface area contributed by atoms with E-state index in [0.717, 1.165) is 25.5 Å². The molecule has 0 aromatic heterocycles. The Kier molecular flexibility index (Phi) is 8.24. The van der Waals surface area contributed by atoms with Gasteiger partial charge in [0, 0.05) is 5.56 Å². The second-order valence-corrected chi connectivity index (χ2v) is 3.58. The standard InChI is InChI=1S/C11H16ClN.BrH/c1-2-13(9-8-12)10-11-6-4-3-5-7-11;/h3-7H,2,8-10H2,1H3;1H. The lowest BCUT2D eigenvalue weighted by Crippen LogP contribution is -3.10. The molecule has 1 aromatic rings. The molecule has 0 radical (unpaired) electrons. The van der Waals surface area contributed by atoms with Crippen LogP contribution >= 0.6 is 11.6 Å². The summed E-state index contributed by atoms with van der Waals surface area (Å²) in [7, 11) is 0. The van der Waals surface area contributed by atoms with E-state index in [2.05, 4.69) is 37.3 Å². The first-order valence-corrected chi connectivity index (χ1v) is 5.33. The average molecular weight is 279 g/mol. The summed E-state index contributed by atoms with van der Waals surface area (Å²) < 4.78 is 0. The van der Waals surface area contributed by atoms with Gasteiger partial charge in [0.15, 0.2) is 0 Å². The first-order valence-electron chi connectivity index (χ1n) is 4.80. The highest BCUT2D eigenvalue weighted by atomic mass is 79.9. The molecule has 0 aliphatic rings. The molecule has 0 spiro atoms. The van der Waals surface area contributed by atoms with Crippen LogP contribution < -0.4 is 21.9 Å². The van der Waals surface area contributed by atoms with E-state index in [4.69, 9.17) is 11.6 Å². The molecule has 1 atom stereocenters. The van der Waals surface area contributed by atoms with E-state index >= 15 is 0 Å². The van der Waals surface area contributed by atoms with Crippen LogP contribution in [0.3, 0.4) is 0 Å². The minimum Gasteiger partial charge on any atom is -1.00 e. The number of quaternary nitrogens is 1. The van der Waals surface area contributed by atoms with Gasteiger partial charge in [-0.05, 0) is 6.92 Å². The van der Waals surface area contributed by atoms with E-state index < -0.39 is 0 Å². The van der Waals surface area contributed by atoms with Gasteiger partial charge in [0.1, 0.15) is 6.54 Å². The van der Waals surface area contributed by atoms with Crippen LogP contribution in [0.5, 0.6) is 0 Å². The summed E-state index contributed by atoms with van der Waals surface area (Å²) in [5.74, 6) is 0.746. The first kappa shape index (κ1) is 13.9. The molecule has 0 aliphatic carbocycles. The maximum Gasteiger partial charge on any atom is 0.103 e. The molecule has 0 aliphatic heterocycles. The maximum absolute atomic E-state index is 5.72. The summed E-state index contributed by atoms with van der Waals surface area (Å²) in [5, 5.41) is 0. The lowest BCUT2D eigenvalue weighted by atomic mass is 10.2. The van der Waals surface area contributed by atoms with Crippen molar-refractivity contribution in [3.05, 3.63) is 35.9 Å². The molecule has 0 saturated heterocycles. The molecule has 0 heterocycles. The Morgan fingerprint density at radius 1 is 1.21 bits per heavy atom. The third kappa shape index (κ3) is 4.99. The third-order valence-corrected chi connectivity index (χ3v) is 2.43. The Morgan fingerprint density at radius 3 is 2.36 bits per heavy atom. The van der Waals surface area contributed by atoms with Crippen molar-refractivity contribution in [2.75, 3.05) is 19.0 Å². The molecule has 3 heteroatoms. The van der Waals surface area contributed by atoms with Gasteiger partial charge in [-0.15, -0.1) is 11.6 Å². The molecule has 0 amide bonds. The van der Waals surface area contributed by atoms with Crippen molar-refractivity contribution in [2.24, 2.45) is 0 Å². The molecule has 1 unspecified atom stereocenters. The lowest BCUT2D eigenvalue weighted by Gasteiger charge is -2.15. The number of nitrogens with one attached hydrogen (secondary N) is 1. The Hall–Kier alpha value is -0.0500. The Bertz CT molecular complexity index is 228. The summed E-state index contributed by atoms with van der Waals surface area (Å²) in [4.78, 5) is 1.54. The zero-order valence-electron chi connectivity index (χ0n) is 8.47.